The molecule has 17 nitrogen and oxygen atoms in total. The second kappa shape index (κ2) is 19.9. The Balaban J connectivity index is 1.94. The number of rotatable bonds is 6. The predicted octanol–water partition coefficient (Wildman–Crippen LogP) is 1.54. The van der Waals surface area contributed by atoms with Crippen molar-refractivity contribution in [2.75, 3.05) is 19.8 Å². The summed E-state index contributed by atoms with van der Waals surface area (Å²) in [6.07, 6.45) is 4.33. The molecule has 3 amide bonds. The number of hydrogen-bond donors (Lipinski definition) is 5. The van der Waals surface area contributed by atoms with E-state index in [0.29, 0.717) is 12.1 Å². The first-order valence-electron chi connectivity index (χ1n) is 17.5. The molecule has 1 fully saturated rings. The van der Waals surface area contributed by atoms with Crippen LogP contribution < -0.4 is 10.6 Å². The number of likely N-dealkylation sites (tertiary alicyclic amines) is 1. The van der Waals surface area contributed by atoms with Crippen molar-refractivity contribution in [1.29, 1.82) is 0 Å². The number of phosphoric acid groups is 1. The van der Waals surface area contributed by atoms with Gasteiger partial charge in [0.05, 0.1) is 56.3 Å². The van der Waals surface area contributed by atoms with Crippen molar-refractivity contribution in [2.45, 2.75) is 110 Å². The summed E-state index contributed by atoms with van der Waals surface area (Å²) >= 11 is 0. The number of aliphatic hydroxyl groups excluding tert-OH is 1. The highest BCUT2D eigenvalue weighted by molar-refractivity contribution is 7.47. The molecule has 0 saturated carbocycles. The number of carbonyl (C=O) groups excluding carboxylic acids is 6. The summed E-state index contributed by atoms with van der Waals surface area (Å²) in [6, 6.07) is -3.41. The molecule has 3 rings (SSSR count). The Bertz CT molecular complexity index is 1480. The Kier molecular flexibility index (Phi) is 16.3. The highest BCUT2D eigenvalue weighted by Crippen LogP contribution is 2.46. The van der Waals surface area contributed by atoms with Gasteiger partial charge in [0.25, 0.3) is 0 Å². The molecule has 2 aliphatic rings. The van der Waals surface area contributed by atoms with Gasteiger partial charge in [0.1, 0.15) is 24.0 Å². The minimum Gasteiger partial charge on any atom is -0.496 e. The maximum Gasteiger partial charge on any atom is 0.472 e. The monoisotopic (exact) mass is 753 g/mol. The Morgan fingerprint density at radius 2 is 1.77 bits per heavy atom. The summed E-state index contributed by atoms with van der Waals surface area (Å²) in [6.45, 7) is 6.71. The molecule has 18 heteroatoms. The SMILES string of the molecule is CC(=O)[C@H]1CC(=O)[C@H](CO)NC(=O)[C@H](Cc2cnc[nH]2)CC(=O)[C@H](CC(C)C)NC(=O)[C@@H]2C[C@H](CN2C(C)=O)O/C=C\CCCOP(=O)(O)O[C@@H]1C. The minimum atomic E-state index is -4.66. The topological polar surface area (TPSA) is 244 Å². The number of fused-ring (bicyclic) bond motifs is 2. The fourth-order valence-corrected chi connectivity index (χ4v) is 7.24. The van der Waals surface area contributed by atoms with Crippen molar-refractivity contribution in [3.05, 3.63) is 30.6 Å². The van der Waals surface area contributed by atoms with Crippen LogP contribution in [0.5, 0.6) is 0 Å². The number of aliphatic hydroxyl groups is 1. The summed E-state index contributed by atoms with van der Waals surface area (Å²) in [7, 11) is -4.66. The van der Waals surface area contributed by atoms with Crippen LogP contribution in [0.4, 0.5) is 0 Å². The number of phosphoric ester groups is 1. The molecule has 0 aromatic carbocycles. The van der Waals surface area contributed by atoms with Gasteiger partial charge in [-0.15, -0.1) is 0 Å². The summed E-state index contributed by atoms with van der Waals surface area (Å²) < 4.78 is 28.7. The van der Waals surface area contributed by atoms with Crippen molar-refractivity contribution >= 4 is 42.9 Å². The molecule has 290 valence electrons. The van der Waals surface area contributed by atoms with Crippen molar-refractivity contribution in [1.82, 2.24) is 25.5 Å². The number of allylic oxidation sites excluding steroid dienone is 1. The number of Topliss-reactive ketones (excluding diaryl/α,β-unsaturated/α-hetero) is 3. The van der Waals surface area contributed by atoms with Gasteiger partial charge < -0.3 is 35.3 Å². The van der Waals surface area contributed by atoms with E-state index in [1.807, 2.05) is 13.8 Å². The van der Waals surface area contributed by atoms with Crippen molar-refractivity contribution in [2.24, 2.45) is 17.8 Å². The number of aromatic amines is 1. The van der Waals surface area contributed by atoms with E-state index in [1.165, 1.54) is 44.5 Å². The zero-order chi connectivity index (χ0) is 38.6. The van der Waals surface area contributed by atoms with Crippen molar-refractivity contribution < 1.29 is 57.1 Å². The fourth-order valence-electron chi connectivity index (χ4n) is 6.25. The maximum atomic E-state index is 13.9. The molecular formula is C34H52N5O12P. The largest absolute Gasteiger partial charge is 0.496 e. The minimum absolute atomic E-state index is 0.00768. The molecular weight excluding hydrogens is 701 g/mol. The lowest BCUT2D eigenvalue weighted by molar-refractivity contribution is -0.138. The van der Waals surface area contributed by atoms with Crippen LogP contribution in [0.25, 0.3) is 0 Å². The van der Waals surface area contributed by atoms with Gasteiger partial charge in [0, 0.05) is 44.5 Å². The Labute approximate surface area is 303 Å². The van der Waals surface area contributed by atoms with Crippen LogP contribution in [-0.2, 0) is 53.5 Å². The number of carbonyl (C=O) groups is 6. The molecule has 0 radical (unpaired) electrons. The highest BCUT2D eigenvalue weighted by atomic mass is 31.2. The van der Waals surface area contributed by atoms with Gasteiger partial charge in [0.2, 0.25) is 17.7 Å². The Morgan fingerprint density at radius 1 is 1.08 bits per heavy atom. The summed E-state index contributed by atoms with van der Waals surface area (Å²) in [5, 5.41) is 15.4. The van der Waals surface area contributed by atoms with Crippen molar-refractivity contribution in [3.63, 3.8) is 0 Å². The molecule has 8 atom stereocenters. The molecule has 3 heterocycles. The fraction of sp³-hybridized carbons (Fsp3) is 0.676. The van der Waals surface area contributed by atoms with E-state index in [0.717, 1.165) is 0 Å². The van der Waals surface area contributed by atoms with E-state index in [1.54, 1.807) is 6.08 Å². The highest BCUT2D eigenvalue weighted by Gasteiger charge is 2.41. The number of ether oxygens (including phenoxy) is 1. The van der Waals surface area contributed by atoms with Gasteiger partial charge in [-0.25, -0.2) is 9.55 Å². The zero-order valence-electron chi connectivity index (χ0n) is 30.3. The third-order valence-corrected chi connectivity index (χ3v) is 10.2. The molecule has 2 aliphatic heterocycles. The van der Waals surface area contributed by atoms with E-state index in [9.17, 15) is 43.3 Å². The number of hydrogen-bond acceptors (Lipinski definition) is 12. The second-order valence-corrected chi connectivity index (χ2v) is 15.2. The predicted molar refractivity (Wildman–Crippen MR) is 185 cm³/mol. The zero-order valence-corrected chi connectivity index (χ0v) is 31.2. The molecule has 1 unspecified atom stereocenters. The number of nitrogens with zero attached hydrogens (tertiary/aromatic N) is 2. The second-order valence-electron chi connectivity index (χ2n) is 13.8. The standard InChI is InChI=1S/C34H52N5O12P/c1-20(2)11-28-31(43)13-24(12-25-16-35-19-36-25)33(45)38-29(18-40)32(44)15-27(21(3)41)22(4)51-52(47,48)50-10-8-6-7-9-49-26-14-30(34(46)37-28)39(17-26)23(5)42/h7,9,16,19-20,22,24,26-30,40H,6,8,10-15,17-18H2,1-5H3,(H,35,36)(H,37,46)(H,38,45)(H,47,48)/b9-7-/t22-,24-,26-,27-,28+,29+,30+/m1/s1. The number of nitrogens with one attached hydrogen (secondary N) is 3. The molecule has 52 heavy (non-hydrogen) atoms. The van der Waals surface area contributed by atoms with Gasteiger partial charge in [-0.3, -0.25) is 37.8 Å². The van der Waals surface area contributed by atoms with Gasteiger partial charge >= 0.3 is 7.82 Å². The first-order valence-corrected chi connectivity index (χ1v) is 19.0. The van der Waals surface area contributed by atoms with Gasteiger partial charge in [-0.05, 0) is 45.1 Å². The molecule has 1 aromatic rings. The van der Waals surface area contributed by atoms with Crippen LogP contribution >= 0.6 is 7.82 Å². The number of ketones is 3. The third kappa shape index (κ3) is 13.0. The lowest BCUT2D eigenvalue weighted by Crippen LogP contribution is -2.52. The normalized spacial score (nSPS) is 31.5. The number of amides is 3. The van der Waals surface area contributed by atoms with Crippen LogP contribution in [0, 0.1) is 17.8 Å². The molecule has 0 aliphatic carbocycles. The number of H-pyrrole nitrogens is 1. The lowest BCUT2D eigenvalue weighted by Gasteiger charge is -2.27. The van der Waals surface area contributed by atoms with E-state index in [-0.39, 0.29) is 57.1 Å². The van der Waals surface area contributed by atoms with E-state index in [2.05, 4.69) is 20.6 Å². The van der Waals surface area contributed by atoms with E-state index < -0.39 is 92.2 Å². The van der Waals surface area contributed by atoms with Crippen LogP contribution in [0.1, 0.15) is 78.8 Å². The molecule has 2 bridgehead atoms. The first-order chi connectivity index (χ1) is 24.5. The smallest absolute Gasteiger partial charge is 0.472 e. The average Bonchev–Trinajstić information content (AvgIpc) is 3.74. The van der Waals surface area contributed by atoms with Crippen LogP contribution in [-0.4, -0.2) is 110 Å². The third-order valence-electron chi connectivity index (χ3n) is 9.06. The first kappa shape index (κ1) is 42.7. The average molecular weight is 754 g/mol. The van der Waals surface area contributed by atoms with Crippen LogP contribution in [0.15, 0.2) is 24.9 Å². The summed E-state index contributed by atoms with van der Waals surface area (Å²) in [5.41, 5.74) is 0.509. The van der Waals surface area contributed by atoms with E-state index >= 15 is 0 Å². The Hall–Kier alpha value is -3.76. The molecule has 1 aromatic heterocycles. The Morgan fingerprint density at radius 3 is 2.38 bits per heavy atom. The summed E-state index contributed by atoms with van der Waals surface area (Å²) in [4.78, 5) is 98.2. The van der Waals surface area contributed by atoms with Gasteiger partial charge in [0.15, 0.2) is 11.6 Å². The summed E-state index contributed by atoms with van der Waals surface area (Å²) in [5.74, 6) is -5.72. The van der Waals surface area contributed by atoms with Crippen LogP contribution in [0.2, 0.25) is 0 Å². The van der Waals surface area contributed by atoms with E-state index in [4.69, 9.17) is 13.8 Å². The van der Waals surface area contributed by atoms with Crippen molar-refractivity contribution in [3.8, 4) is 0 Å². The number of aromatic nitrogens is 2. The van der Waals surface area contributed by atoms with Crippen LogP contribution in [0.3, 0.4) is 0 Å². The molecule has 1 saturated heterocycles. The quantitative estimate of drug-likeness (QED) is 0.259. The molecule has 5 N–H and O–H groups in total. The van der Waals surface area contributed by atoms with Gasteiger partial charge in [-0.2, -0.15) is 0 Å². The lowest BCUT2D eigenvalue weighted by atomic mass is 9.89. The van der Waals surface area contributed by atoms with Gasteiger partial charge in [-0.1, -0.05) is 13.8 Å². The number of imidazole rings is 1. The maximum absolute atomic E-state index is 13.9. The molecule has 0 spiro atoms.